The number of aliphatic hydroxyl groups excluding tert-OH is 1. The van der Waals surface area contributed by atoms with E-state index >= 15 is 0 Å². The Balaban J connectivity index is 2.28. The van der Waals surface area contributed by atoms with Crippen LogP contribution in [0, 0.1) is 5.82 Å². The van der Waals surface area contributed by atoms with Crippen molar-refractivity contribution in [2.24, 2.45) is 0 Å². The summed E-state index contributed by atoms with van der Waals surface area (Å²) in [5.74, 6) is 0.394. The van der Waals surface area contributed by atoms with Crippen LogP contribution in [0.2, 0.25) is 0 Å². The van der Waals surface area contributed by atoms with Crippen molar-refractivity contribution in [3.8, 4) is 11.6 Å². The number of rotatable bonds is 4. The molecular weight excluding hydrogens is 233 g/mol. The summed E-state index contributed by atoms with van der Waals surface area (Å²) in [7, 11) is 0. The molecule has 0 atom stereocenters. The van der Waals surface area contributed by atoms with Gasteiger partial charge in [-0.3, -0.25) is 0 Å². The van der Waals surface area contributed by atoms with Gasteiger partial charge in [-0.1, -0.05) is 13.0 Å². The van der Waals surface area contributed by atoms with Crippen LogP contribution in [0.25, 0.3) is 0 Å². The second-order valence-corrected chi connectivity index (χ2v) is 3.88. The predicted molar refractivity (Wildman–Crippen MR) is 66.0 cm³/mol. The van der Waals surface area contributed by atoms with Crippen LogP contribution in [0.4, 0.5) is 4.39 Å². The number of nitrogens with zero attached hydrogens (tertiary/aromatic N) is 1. The molecule has 0 saturated carbocycles. The minimum Gasteiger partial charge on any atom is -0.439 e. The van der Waals surface area contributed by atoms with E-state index in [4.69, 9.17) is 9.84 Å². The van der Waals surface area contributed by atoms with Crippen LogP contribution in [-0.2, 0) is 13.0 Å². The largest absolute Gasteiger partial charge is 0.439 e. The summed E-state index contributed by atoms with van der Waals surface area (Å²) >= 11 is 0. The van der Waals surface area contributed by atoms with Crippen molar-refractivity contribution in [3.05, 3.63) is 53.5 Å². The van der Waals surface area contributed by atoms with Crippen molar-refractivity contribution in [2.45, 2.75) is 20.0 Å². The molecule has 0 saturated heterocycles. The quantitative estimate of drug-likeness (QED) is 0.902. The van der Waals surface area contributed by atoms with E-state index in [-0.39, 0.29) is 12.4 Å². The van der Waals surface area contributed by atoms with Crippen molar-refractivity contribution in [3.63, 3.8) is 0 Å². The fourth-order valence-corrected chi connectivity index (χ4v) is 1.60. The first-order valence-electron chi connectivity index (χ1n) is 5.75. The lowest BCUT2D eigenvalue weighted by atomic mass is 10.2. The molecule has 4 heteroatoms. The Labute approximate surface area is 105 Å². The topological polar surface area (TPSA) is 42.4 Å². The number of halogens is 1. The first-order valence-corrected chi connectivity index (χ1v) is 5.75. The molecule has 1 aromatic carbocycles. The van der Waals surface area contributed by atoms with Crippen LogP contribution >= 0.6 is 0 Å². The summed E-state index contributed by atoms with van der Waals surface area (Å²) < 4.78 is 18.5. The van der Waals surface area contributed by atoms with Gasteiger partial charge in [0.05, 0.1) is 6.61 Å². The average Bonchev–Trinajstić information content (AvgIpc) is 2.38. The van der Waals surface area contributed by atoms with E-state index in [2.05, 4.69) is 4.98 Å². The number of pyridine rings is 1. The Hall–Kier alpha value is -1.94. The highest BCUT2D eigenvalue weighted by atomic mass is 19.1. The minimum absolute atomic E-state index is 0.0744. The van der Waals surface area contributed by atoms with Crippen molar-refractivity contribution in [2.75, 3.05) is 0 Å². The first kappa shape index (κ1) is 12.5. The monoisotopic (exact) mass is 247 g/mol. The number of benzene rings is 1. The SMILES string of the molecule is CCc1cc(CO)cc(Oc2cccc(F)c2)n1. The first-order chi connectivity index (χ1) is 8.71. The Morgan fingerprint density at radius 2 is 2.11 bits per heavy atom. The summed E-state index contributed by atoms with van der Waals surface area (Å²) in [5.41, 5.74) is 1.56. The number of aliphatic hydroxyl groups is 1. The second-order valence-electron chi connectivity index (χ2n) is 3.88. The van der Waals surface area contributed by atoms with Crippen molar-refractivity contribution in [1.29, 1.82) is 0 Å². The van der Waals surface area contributed by atoms with Crippen molar-refractivity contribution in [1.82, 2.24) is 4.98 Å². The zero-order valence-corrected chi connectivity index (χ0v) is 10.1. The summed E-state index contributed by atoms with van der Waals surface area (Å²) in [5, 5.41) is 9.15. The Morgan fingerprint density at radius 1 is 1.28 bits per heavy atom. The molecule has 1 aromatic heterocycles. The fraction of sp³-hybridized carbons (Fsp3) is 0.214. The summed E-state index contributed by atoms with van der Waals surface area (Å²) in [6, 6.07) is 9.33. The van der Waals surface area contributed by atoms with Gasteiger partial charge in [0.2, 0.25) is 5.88 Å². The third kappa shape index (κ3) is 3.05. The highest BCUT2D eigenvalue weighted by molar-refractivity contribution is 5.31. The van der Waals surface area contributed by atoms with E-state index in [0.717, 1.165) is 17.7 Å². The van der Waals surface area contributed by atoms with E-state index in [1.165, 1.54) is 12.1 Å². The van der Waals surface area contributed by atoms with Gasteiger partial charge in [-0.2, -0.15) is 0 Å². The predicted octanol–water partition coefficient (Wildman–Crippen LogP) is 3.07. The summed E-state index contributed by atoms with van der Waals surface area (Å²) in [4.78, 5) is 4.27. The molecule has 1 heterocycles. The molecule has 0 aliphatic rings. The molecular formula is C14H14FNO2. The van der Waals surface area contributed by atoms with Crippen LogP contribution < -0.4 is 4.74 Å². The standard InChI is InChI=1S/C14H14FNO2/c1-2-12-6-10(9-17)7-14(16-12)18-13-5-3-4-11(15)8-13/h3-8,17H,2,9H2,1H3. The van der Waals surface area contributed by atoms with E-state index in [1.807, 2.05) is 13.0 Å². The van der Waals surface area contributed by atoms with Gasteiger partial charge in [-0.05, 0) is 30.2 Å². The number of aryl methyl sites for hydroxylation is 1. The second kappa shape index (κ2) is 5.60. The van der Waals surface area contributed by atoms with Crippen molar-refractivity contribution < 1.29 is 14.2 Å². The number of hydrogen-bond acceptors (Lipinski definition) is 3. The number of aromatic nitrogens is 1. The summed E-state index contributed by atoms with van der Waals surface area (Å²) in [6.07, 6.45) is 0.743. The average molecular weight is 247 g/mol. The van der Waals surface area contributed by atoms with Gasteiger partial charge in [-0.25, -0.2) is 9.37 Å². The van der Waals surface area contributed by atoms with Gasteiger partial charge < -0.3 is 9.84 Å². The highest BCUT2D eigenvalue weighted by Gasteiger charge is 2.04. The molecule has 0 radical (unpaired) electrons. The number of hydrogen-bond donors (Lipinski definition) is 1. The lowest BCUT2D eigenvalue weighted by Crippen LogP contribution is -1.96. The molecule has 0 amide bonds. The third-order valence-corrected chi connectivity index (χ3v) is 2.48. The van der Waals surface area contributed by atoms with Gasteiger partial charge in [0.1, 0.15) is 11.6 Å². The Morgan fingerprint density at radius 3 is 2.78 bits per heavy atom. The van der Waals surface area contributed by atoms with Gasteiger partial charge in [0.25, 0.3) is 0 Å². The lowest BCUT2D eigenvalue weighted by molar-refractivity contribution is 0.281. The van der Waals surface area contributed by atoms with Gasteiger partial charge in [0, 0.05) is 17.8 Å². The Kier molecular flexibility index (Phi) is 3.89. The van der Waals surface area contributed by atoms with Crippen LogP contribution in [0.1, 0.15) is 18.2 Å². The maximum absolute atomic E-state index is 13.0. The number of ether oxygens (including phenoxy) is 1. The maximum Gasteiger partial charge on any atom is 0.219 e. The Bertz CT molecular complexity index is 521. The minimum atomic E-state index is -0.360. The lowest BCUT2D eigenvalue weighted by Gasteiger charge is -2.08. The van der Waals surface area contributed by atoms with Gasteiger partial charge >= 0.3 is 0 Å². The van der Waals surface area contributed by atoms with Crippen LogP contribution in [-0.4, -0.2) is 10.1 Å². The molecule has 0 aliphatic heterocycles. The molecule has 0 spiro atoms. The molecule has 0 aliphatic carbocycles. The molecule has 2 rings (SSSR count). The summed E-state index contributed by atoms with van der Waals surface area (Å²) in [6.45, 7) is 1.89. The fourth-order valence-electron chi connectivity index (χ4n) is 1.60. The molecule has 18 heavy (non-hydrogen) atoms. The van der Waals surface area contributed by atoms with E-state index in [0.29, 0.717) is 11.6 Å². The molecule has 94 valence electrons. The highest BCUT2D eigenvalue weighted by Crippen LogP contribution is 2.22. The van der Waals surface area contributed by atoms with E-state index in [1.54, 1.807) is 18.2 Å². The molecule has 0 bridgehead atoms. The normalized spacial score (nSPS) is 10.4. The third-order valence-electron chi connectivity index (χ3n) is 2.48. The molecule has 3 nitrogen and oxygen atoms in total. The van der Waals surface area contributed by atoms with Crippen LogP contribution in [0.3, 0.4) is 0 Å². The molecule has 0 unspecified atom stereocenters. The van der Waals surface area contributed by atoms with Crippen LogP contribution in [0.15, 0.2) is 36.4 Å². The molecule has 1 N–H and O–H groups in total. The maximum atomic E-state index is 13.0. The van der Waals surface area contributed by atoms with Gasteiger partial charge in [-0.15, -0.1) is 0 Å². The van der Waals surface area contributed by atoms with E-state index in [9.17, 15) is 4.39 Å². The van der Waals surface area contributed by atoms with Crippen LogP contribution in [0.5, 0.6) is 11.6 Å². The smallest absolute Gasteiger partial charge is 0.219 e. The molecule has 2 aromatic rings. The van der Waals surface area contributed by atoms with E-state index < -0.39 is 0 Å². The zero-order chi connectivity index (χ0) is 13.0. The zero-order valence-electron chi connectivity index (χ0n) is 10.1. The molecule has 0 fully saturated rings. The van der Waals surface area contributed by atoms with Gasteiger partial charge in [0.15, 0.2) is 0 Å². The van der Waals surface area contributed by atoms with Crippen molar-refractivity contribution >= 4 is 0 Å².